The summed E-state index contributed by atoms with van der Waals surface area (Å²) in [7, 11) is 0. The summed E-state index contributed by atoms with van der Waals surface area (Å²) in [6.45, 7) is 12.1. The molecule has 0 radical (unpaired) electrons. The Morgan fingerprint density at radius 2 is 1.97 bits per heavy atom. The van der Waals surface area contributed by atoms with E-state index < -0.39 is 5.91 Å². The number of primary amides is 1. The van der Waals surface area contributed by atoms with Crippen LogP contribution in [0.2, 0.25) is 0 Å². The zero-order valence-electron chi connectivity index (χ0n) is 21.2. The van der Waals surface area contributed by atoms with E-state index in [4.69, 9.17) is 15.5 Å². The molecule has 8 nitrogen and oxygen atoms in total. The Kier molecular flexibility index (Phi) is 8.38. The number of benzene rings is 1. The Bertz CT molecular complexity index is 1240. The van der Waals surface area contributed by atoms with Crippen molar-refractivity contribution in [1.29, 1.82) is 0 Å². The molecule has 0 saturated carbocycles. The molecule has 0 bridgehead atoms. The summed E-state index contributed by atoms with van der Waals surface area (Å²) in [5.41, 5.74) is 8.40. The summed E-state index contributed by atoms with van der Waals surface area (Å²) in [5, 5.41) is 3.40. The lowest BCUT2D eigenvalue weighted by atomic mass is 10.1. The van der Waals surface area contributed by atoms with Gasteiger partial charge in [-0.05, 0) is 52.3 Å². The zero-order chi connectivity index (χ0) is 25.8. The maximum absolute atomic E-state index is 13.2. The van der Waals surface area contributed by atoms with Crippen LogP contribution in [0.15, 0.2) is 23.6 Å². The number of hydrogen-bond donors (Lipinski definition) is 1. The van der Waals surface area contributed by atoms with Gasteiger partial charge < -0.3 is 15.4 Å². The molecule has 2 N–H and O–H groups in total. The van der Waals surface area contributed by atoms with Crippen LogP contribution in [0.1, 0.15) is 63.6 Å². The van der Waals surface area contributed by atoms with Gasteiger partial charge in [0, 0.05) is 55.1 Å². The van der Waals surface area contributed by atoms with Crippen molar-refractivity contribution < 1.29 is 14.3 Å². The number of thiazole rings is 2. The second kappa shape index (κ2) is 11.5. The van der Waals surface area contributed by atoms with Crippen LogP contribution < -0.4 is 10.5 Å². The number of aromatic nitrogens is 2. The molecule has 3 aromatic rings. The van der Waals surface area contributed by atoms with Crippen LogP contribution in [-0.2, 0) is 6.42 Å². The van der Waals surface area contributed by atoms with Gasteiger partial charge in [0.2, 0.25) is 5.91 Å². The predicted molar refractivity (Wildman–Crippen MR) is 144 cm³/mol. The SMILES string of the molecule is CCOc1ccc(C(N)=O)cc1Cc1nc(-c2sc(C(=O)N3CCCN(C(C)C)CC3)nc2C)cs1. The molecular weight excluding hydrogens is 494 g/mol. The minimum Gasteiger partial charge on any atom is -0.494 e. The molecule has 1 aliphatic heterocycles. The van der Waals surface area contributed by atoms with E-state index in [9.17, 15) is 9.59 Å². The van der Waals surface area contributed by atoms with Gasteiger partial charge in [0.1, 0.15) is 5.75 Å². The molecule has 3 heterocycles. The van der Waals surface area contributed by atoms with Crippen molar-refractivity contribution in [3.63, 3.8) is 0 Å². The number of amides is 2. The van der Waals surface area contributed by atoms with Gasteiger partial charge in [-0.3, -0.25) is 14.5 Å². The molecule has 36 heavy (non-hydrogen) atoms. The minimum absolute atomic E-state index is 0.0000297. The van der Waals surface area contributed by atoms with E-state index in [2.05, 4.69) is 23.7 Å². The van der Waals surface area contributed by atoms with Crippen LogP contribution in [0, 0.1) is 6.92 Å². The van der Waals surface area contributed by atoms with Gasteiger partial charge in [0.05, 0.1) is 27.9 Å². The van der Waals surface area contributed by atoms with Crippen LogP contribution in [-0.4, -0.2) is 70.4 Å². The topological polar surface area (TPSA) is 102 Å². The van der Waals surface area contributed by atoms with Gasteiger partial charge >= 0.3 is 0 Å². The number of nitrogens with two attached hydrogens (primary N) is 1. The van der Waals surface area contributed by atoms with Crippen LogP contribution in [0.4, 0.5) is 0 Å². The molecule has 2 amide bonds. The van der Waals surface area contributed by atoms with E-state index in [1.165, 1.54) is 22.7 Å². The van der Waals surface area contributed by atoms with E-state index in [1.54, 1.807) is 18.2 Å². The summed E-state index contributed by atoms with van der Waals surface area (Å²) < 4.78 is 5.74. The van der Waals surface area contributed by atoms with Crippen molar-refractivity contribution in [2.24, 2.45) is 5.73 Å². The second-order valence-corrected chi connectivity index (χ2v) is 11.1. The van der Waals surface area contributed by atoms with Crippen molar-refractivity contribution in [3.05, 3.63) is 50.4 Å². The highest BCUT2D eigenvalue weighted by atomic mass is 32.1. The number of aryl methyl sites for hydroxylation is 1. The first-order valence-electron chi connectivity index (χ1n) is 12.3. The number of carbonyl (C=O) groups excluding carboxylic acids is 2. The smallest absolute Gasteiger partial charge is 0.282 e. The largest absolute Gasteiger partial charge is 0.494 e. The fourth-order valence-electron chi connectivity index (χ4n) is 4.34. The van der Waals surface area contributed by atoms with Crippen molar-refractivity contribution >= 4 is 34.5 Å². The average Bonchev–Trinajstić information content (AvgIpc) is 3.37. The van der Waals surface area contributed by atoms with Crippen molar-refractivity contribution in [1.82, 2.24) is 19.8 Å². The highest BCUT2D eigenvalue weighted by molar-refractivity contribution is 7.17. The molecule has 1 aliphatic rings. The van der Waals surface area contributed by atoms with Crippen LogP contribution in [0.3, 0.4) is 0 Å². The van der Waals surface area contributed by atoms with Crippen molar-refractivity contribution in [3.8, 4) is 16.3 Å². The van der Waals surface area contributed by atoms with Gasteiger partial charge in [-0.2, -0.15) is 0 Å². The zero-order valence-corrected chi connectivity index (χ0v) is 22.9. The molecule has 10 heteroatoms. The Morgan fingerprint density at radius 3 is 2.69 bits per heavy atom. The second-order valence-electron chi connectivity index (χ2n) is 9.13. The third kappa shape index (κ3) is 5.93. The van der Waals surface area contributed by atoms with Crippen molar-refractivity contribution in [2.45, 2.75) is 46.6 Å². The maximum atomic E-state index is 13.2. The maximum Gasteiger partial charge on any atom is 0.282 e. The Labute approximate surface area is 220 Å². The molecule has 192 valence electrons. The first kappa shape index (κ1) is 26.2. The van der Waals surface area contributed by atoms with E-state index in [0.717, 1.165) is 65.2 Å². The standard InChI is InChI=1S/C26H33N5O3S2/c1-5-34-21-8-7-18(24(27)32)13-19(21)14-22-29-20(15-35-22)23-17(4)28-25(36-23)26(33)31-10-6-9-30(11-12-31)16(2)3/h7-8,13,15-16H,5-6,9-12,14H2,1-4H3,(H2,27,32). The van der Waals surface area contributed by atoms with Gasteiger partial charge in [0.25, 0.3) is 5.91 Å². The van der Waals surface area contributed by atoms with Crippen molar-refractivity contribution in [2.75, 3.05) is 32.8 Å². The Balaban J connectivity index is 1.51. The summed E-state index contributed by atoms with van der Waals surface area (Å²) >= 11 is 2.94. The number of carbonyl (C=O) groups is 2. The fourth-order valence-corrected chi connectivity index (χ4v) is 6.22. The summed E-state index contributed by atoms with van der Waals surface area (Å²) in [4.78, 5) is 39.6. The monoisotopic (exact) mass is 527 g/mol. The molecule has 1 fully saturated rings. The van der Waals surface area contributed by atoms with Gasteiger partial charge in [-0.1, -0.05) is 0 Å². The third-order valence-electron chi connectivity index (χ3n) is 6.30. The lowest BCUT2D eigenvalue weighted by Gasteiger charge is -2.24. The van der Waals surface area contributed by atoms with E-state index in [0.29, 0.717) is 29.6 Å². The van der Waals surface area contributed by atoms with Gasteiger partial charge in [-0.15, -0.1) is 22.7 Å². The van der Waals surface area contributed by atoms with Gasteiger partial charge in [-0.25, -0.2) is 9.97 Å². The quantitative estimate of drug-likeness (QED) is 0.471. The molecule has 0 unspecified atom stereocenters. The molecule has 1 aromatic carbocycles. The van der Waals surface area contributed by atoms with Crippen LogP contribution >= 0.6 is 22.7 Å². The van der Waals surface area contributed by atoms with E-state index in [-0.39, 0.29) is 5.91 Å². The number of hydrogen-bond acceptors (Lipinski definition) is 8. The van der Waals surface area contributed by atoms with Crippen LogP contribution in [0.25, 0.3) is 10.6 Å². The third-order valence-corrected chi connectivity index (χ3v) is 8.32. The first-order chi connectivity index (χ1) is 17.3. The molecular formula is C26H33N5O3S2. The first-order valence-corrected chi connectivity index (χ1v) is 14.0. The normalized spacial score (nSPS) is 14.8. The average molecular weight is 528 g/mol. The van der Waals surface area contributed by atoms with E-state index in [1.807, 2.05) is 24.1 Å². The Hall–Kier alpha value is -2.82. The minimum atomic E-state index is -0.474. The summed E-state index contributed by atoms with van der Waals surface area (Å²) in [5.74, 6) is 0.243. The Morgan fingerprint density at radius 1 is 1.17 bits per heavy atom. The summed E-state index contributed by atoms with van der Waals surface area (Å²) in [6, 6.07) is 5.70. The summed E-state index contributed by atoms with van der Waals surface area (Å²) in [6.07, 6.45) is 1.49. The van der Waals surface area contributed by atoms with Crippen LogP contribution in [0.5, 0.6) is 5.75 Å². The predicted octanol–water partition coefficient (Wildman–Crippen LogP) is 4.22. The molecule has 1 saturated heterocycles. The number of ether oxygens (including phenoxy) is 1. The lowest BCUT2D eigenvalue weighted by molar-refractivity contribution is 0.0758. The highest BCUT2D eigenvalue weighted by Gasteiger charge is 2.25. The van der Waals surface area contributed by atoms with E-state index >= 15 is 0 Å². The lowest BCUT2D eigenvalue weighted by Crippen LogP contribution is -2.37. The molecule has 4 rings (SSSR count). The van der Waals surface area contributed by atoms with Gasteiger partial charge in [0.15, 0.2) is 5.01 Å². The molecule has 0 atom stereocenters. The fraction of sp³-hybridized carbons (Fsp3) is 0.462. The molecule has 0 spiro atoms. The number of nitrogens with zero attached hydrogens (tertiary/aromatic N) is 4. The highest BCUT2D eigenvalue weighted by Crippen LogP contribution is 2.33. The molecule has 0 aliphatic carbocycles. The number of rotatable bonds is 8. The molecule has 2 aromatic heterocycles.